The molecule has 130 valence electrons. The SMILES string of the molecule is CC(C)C1CCN(CCOCCOC2CN(C(C)C)C2)CC1. The molecule has 0 aromatic heterocycles. The second-order valence-corrected chi connectivity index (χ2v) is 7.58. The largest absolute Gasteiger partial charge is 0.378 e. The monoisotopic (exact) mass is 312 g/mol. The lowest BCUT2D eigenvalue weighted by molar-refractivity contribution is -0.0813. The average Bonchev–Trinajstić information content (AvgIpc) is 2.44. The van der Waals surface area contributed by atoms with Crippen molar-refractivity contribution < 1.29 is 9.47 Å². The summed E-state index contributed by atoms with van der Waals surface area (Å²) in [6.07, 6.45) is 3.14. The minimum Gasteiger partial charge on any atom is -0.378 e. The smallest absolute Gasteiger partial charge is 0.0830 e. The van der Waals surface area contributed by atoms with Gasteiger partial charge in [0.1, 0.15) is 0 Å². The maximum Gasteiger partial charge on any atom is 0.0830 e. The lowest BCUT2D eigenvalue weighted by atomic mass is 9.87. The summed E-state index contributed by atoms with van der Waals surface area (Å²) in [5, 5.41) is 0. The van der Waals surface area contributed by atoms with E-state index >= 15 is 0 Å². The molecule has 0 aromatic rings. The van der Waals surface area contributed by atoms with E-state index in [2.05, 4.69) is 37.5 Å². The Bertz CT molecular complexity index is 295. The van der Waals surface area contributed by atoms with Gasteiger partial charge in [0, 0.05) is 25.7 Å². The number of hydrogen-bond acceptors (Lipinski definition) is 4. The van der Waals surface area contributed by atoms with Crippen LogP contribution in [0.1, 0.15) is 40.5 Å². The summed E-state index contributed by atoms with van der Waals surface area (Å²) in [6.45, 7) is 17.3. The summed E-state index contributed by atoms with van der Waals surface area (Å²) in [6, 6.07) is 0.649. The Balaban J connectivity index is 1.39. The molecule has 4 heteroatoms. The van der Waals surface area contributed by atoms with E-state index in [-0.39, 0.29) is 0 Å². The number of ether oxygens (including phenoxy) is 2. The Kier molecular flexibility index (Phi) is 7.61. The standard InChI is InChI=1S/C18H36N2O2/c1-15(2)17-5-7-19(8-6-17)9-10-21-11-12-22-18-13-20(14-18)16(3)4/h15-18H,5-14H2,1-4H3. The molecule has 0 saturated carbocycles. The molecule has 0 unspecified atom stereocenters. The Morgan fingerprint density at radius 3 is 2.23 bits per heavy atom. The normalized spacial score (nSPS) is 22.6. The fourth-order valence-electron chi connectivity index (χ4n) is 3.41. The van der Waals surface area contributed by atoms with Crippen molar-refractivity contribution in [2.75, 3.05) is 52.5 Å². The van der Waals surface area contributed by atoms with Crippen LogP contribution >= 0.6 is 0 Å². The zero-order valence-corrected chi connectivity index (χ0v) is 15.1. The van der Waals surface area contributed by atoms with Crippen molar-refractivity contribution in [1.29, 1.82) is 0 Å². The predicted molar refractivity (Wildman–Crippen MR) is 91.3 cm³/mol. The molecule has 2 saturated heterocycles. The number of likely N-dealkylation sites (tertiary alicyclic amines) is 2. The molecule has 0 amide bonds. The van der Waals surface area contributed by atoms with Gasteiger partial charge in [0.05, 0.1) is 25.9 Å². The van der Waals surface area contributed by atoms with Gasteiger partial charge in [-0.2, -0.15) is 0 Å². The van der Waals surface area contributed by atoms with Crippen LogP contribution in [0.4, 0.5) is 0 Å². The Morgan fingerprint density at radius 2 is 1.64 bits per heavy atom. The van der Waals surface area contributed by atoms with Gasteiger partial charge >= 0.3 is 0 Å². The highest BCUT2D eigenvalue weighted by molar-refractivity contribution is 4.82. The number of nitrogens with zero attached hydrogens (tertiary/aromatic N) is 2. The molecule has 0 N–H and O–H groups in total. The number of hydrogen-bond donors (Lipinski definition) is 0. The maximum absolute atomic E-state index is 5.81. The first-order chi connectivity index (χ1) is 10.6. The zero-order valence-electron chi connectivity index (χ0n) is 15.1. The van der Waals surface area contributed by atoms with Crippen LogP contribution in [-0.4, -0.2) is 74.5 Å². The topological polar surface area (TPSA) is 24.9 Å². The van der Waals surface area contributed by atoms with Crippen molar-refractivity contribution in [2.24, 2.45) is 11.8 Å². The fourth-order valence-corrected chi connectivity index (χ4v) is 3.41. The summed E-state index contributed by atoms with van der Waals surface area (Å²) in [4.78, 5) is 4.98. The molecule has 2 rings (SSSR count). The lowest BCUT2D eigenvalue weighted by Gasteiger charge is -2.41. The molecule has 0 bridgehead atoms. The minimum absolute atomic E-state index is 0.432. The van der Waals surface area contributed by atoms with Gasteiger partial charge in [-0.3, -0.25) is 4.90 Å². The summed E-state index contributed by atoms with van der Waals surface area (Å²) in [5.41, 5.74) is 0. The van der Waals surface area contributed by atoms with Crippen LogP contribution in [-0.2, 0) is 9.47 Å². The molecular weight excluding hydrogens is 276 g/mol. The maximum atomic E-state index is 5.81. The molecule has 2 aliphatic heterocycles. The van der Waals surface area contributed by atoms with Gasteiger partial charge in [-0.05, 0) is 51.6 Å². The molecule has 0 atom stereocenters. The second-order valence-electron chi connectivity index (χ2n) is 7.58. The van der Waals surface area contributed by atoms with Crippen molar-refractivity contribution in [3.63, 3.8) is 0 Å². The highest BCUT2D eigenvalue weighted by Crippen LogP contribution is 2.24. The van der Waals surface area contributed by atoms with E-state index in [0.29, 0.717) is 12.1 Å². The van der Waals surface area contributed by atoms with E-state index in [9.17, 15) is 0 Å². The van der Waals surface area contributed by atoms with Gasteiger partial charge in [-0.15, -0.1) is 0 Å². The molecule has 0 radical (unpaired) electrons. The average molecular weight is 312 g/mol. The zero-order chi connectivity index (χ0) is 15.9. The summed E-state index contributed by atoms with van der Waals surface area (Å²) in [5.74, 6) is 1.77. The Morgan fingerprint density at radius 1 is 0.955 bits per heavy atom. The third kappa shape index (κ3) is 5.80. The number of piperidine rings is 1. The van der Waals surface area contributed by atoms with Crippen molar-refractivity contribution in [2.45, 2.75) is 52.7 Å². The van der Waals surface area contributed by atoms with E-state index in [4.69, 9.17) is 9.47 Å². The highest BCUT2D eigenvalue weighted by atomic mass is 16.5. The minimum atomic E-state index is 0.432. The van der Waals surface area contributed by atoms with Crippen molar-refractivity contribution >= 4 is 0 Å². The number of rotatable bonds is 9. The quantitative estimate of drug-likeness (QED) is 0.611. The van der Waals surface area contributed by atoms with Crippen LogP contribution in [0.25, 0.3) is 0 Å². The van der Waals surface area contributed by atoms with Crippen LogP contribution in [0.3, 0.4) is 0 Å². The van der Waals surface area contributed by atoms with Crippen molar-refractivity contribution in [3.05, 3.63) is 0 Å². The molecule has 0 aliphatic carbocycles. The van der Waals surface area contributed by atoms with Crippen LogP contribution in [0.5, 0.6) is 0 Å². The van der Waals surface area contributed by atoms with Crippen LogP contribution < -0.4 is 0 Å². The van der Waals surface area contributed by atoms with E-state index in [1.54, 1.807) is 0 Å². The third-order valence-electron chi connectivity index (χ3n) is 5.31. The molecule has 4 nitrogen and oxygen atoms in total. The summed E-state index contributed by atoms with van der Waals surface area (Å²) in [7, 11) is 0. The fraction of sp³-hybridized carbons (Fsp3) is 1.00. The summed E-state index contributed by atoms with van der Waals surface area (Å²) >= 11 is 0. The van der Waals surface area contributed by atoms with E-state index in [1.165, 1.54) is 25.9 Å². The van der Waals surface area contributed by atoms with Crippen LogP contribution in [0.2, 0.25) is 0 Å². The van der Waals surface area contributed by atoms with Gasteiger partial charge in [-0.25, -0.2) is 0 Å². The summed E-state index contributed by atoms with van der Waals surface area (Å²) < 4.78 is 11.5. The van der Waals surface area contributed by atoms with E-state index < -0.39 is 0 Å². The van der Waals surface area contributed by atoms with Crippen molar-refractivity contribution in [1.82, 2.24) is 9.80 Å². The van der Waals surface area contributed by atoms with Crippen LogP contribution in [0.15, 0.2) is 0 Å². The predicted octanol–water partition coefficient (Wildman–Crippen LogP) is 2.48. The van der Waals surface area contributed by atoms with Gasteiger partial charge < -0.3 is 14.4 Å². The van der Waals surface area contributed by atoms with Gasteiger partial charge in [-0.1, -0.05) is 13.8 Å². The van der Waals surface area contributed by atoms with Gasteiger partial charge in [0.2, 0.25) is 0 Å². The van der Waals surface area contributed by atoms with E-state index in [0.717, 1.165) is 51.3 Å². The first kappa shape index (κ1) is 18.2. The van der Waals surface area contributed by atoms with Crippen molar-refractivity contribution in [3.8, 4) is 0 Å². The molecule has 2 fully saturated rings. The highest BCUT2D eigenvalue weighted by Gasteiger charge is 2.28. The molecule has 0 aromatic carbocycles. The van der Waals surface area contributed by atoms with Crippen LogP contribution in [0, 0.1) is 11.8 Å². The Labute approximate surface area is 137 Å². The van der Waals surface area contributed by atoms with Gasteiger partial charge in [0.15, 0.2) is 0 Å². The first-order valence-electron chi connectivity index (χ1n) is 9.22. The second kappa shape index (κ2) is 9.21. The first-order valence-corrected chi connectivity index (χ1v) is 9.22. The molecule has 2 aliphatic rings. The molecule has 22 heavy (non-hydrogen) atoms. The molecule has 0 spiro atoms. The van der Waals surface area contributed by atoms with Gasteiger partial charge in [0.25, 0.3) is 0 Å². The third-order valence-corrected chi connectivity index (χ3v) is 5.31. The molecule has 2 heterocycles. The Hall–Kier alpha value is -0.160. The van der Waals surface area contributed by atoms with E-state index in [1.807, 2.05) is 0 Å². The lowest BCUT2D eigenvalue weighted by Crippen LogP contribution is -2.55. The molecular formula is C18H36N2O2.